The van der Waals surface area contributed by atoms with Crippen molar-refractivity contribution in [3.63, 3.8) is 0 Å². The fourth-order valence-electron chi connectivity index (χ4n) is 1.94. The molecule has 1 heterocycles. The van der Waals surface area contributed by atoms with Crippen molar-refractivity contribution in [3.8, 4) is 5.75 Å². The zero-order chi connectivity index (χ0) is 12.3. The highest BCUT2D eigenvalue weighted by Gasteiger charge is 2.21. The van der Waals surface area contributed by atoms with E-state index in [9.17, 15) is 9.90 Å². The first kappa shape index (κ1) is 12.4. The molecule has 1 aliphatic heterocycles. The second kappa shape index (κ2) is 5.51. The summed E-state index contributed by atoms with van der Waals surface area (Å²) in [6, 6.07) is 5.20. The van der Waals surface area contributed by atoms with Crippen LogP contribution in [0.4, 0.5) is 5.69 Å². The normalized spacial score (nSPS) is 16.8. The minimum absolute atomic E-state index is 0.0140. The molecule has 1 saturated heterocycles. The first-order valence-electron chi connectivity index (χ1n) is 5.67. The molecule has 1 aromatic carbocycles. The Bertz CT molecular complexity index is 417. The van der Waals surface area contributed by atoms with Crippen LogP contribution in [0, 0.1) is 5.92 Å². The van der Waals surface area contributed by atoms with E-state index < -0.39 is 0 Å². The quantitative estimate of drug-likeness (QED) is 0.733. The molecule has 0 spiro atoms. The average molecular weight is 299 g/mol. The van der Waals surface area contributed by atoms with Crippen LogP contribution in [0.25, 0.3) is 0 Å². The Labute approximate surface area is 109 Å². The molecule has 0 aliphatic carbocycles. The number of hydrogen-bond donors (Lipinski definition) is 3. The maximum atomic E-state index is 12.0. The fraction of sp³-hybridized carbons (Fsp3) is 0.417. The number of phenolic OH excluding ortho intramolecular Hbond substituents is 1. The van der Waals surface area contributed by atoms with Crippen molar-refractivity contribution < 1.29 is 9.90 Å². The third-order valence-electron chi connectivity index (χ3n) is 2.95. The molecule has 5 heteroatoms. The van der Waals surface area contributed by atoms with Crippen LogP contribution in [-0.4, -0.2) is 24.1 Å². The van der Waals surface area contributed by atoms with Gasteiger partial charge in [-0.2, -0.15) is 0 Å². The Kier molecular flexibility index (Phi) is 4.02. The predicted molar refractivity (Wildman–Crippen MR) is 70.0 cm³/mol. The highest BCUT2D eigenvalue weighted by Crippen LogP contribution is 2.32. The van der Waals surface area contributed by atoms with Crippen LogP contribution >= 0.6 is 15.9 Å². The number of aromatic hydroxyl groups is 1. The van der Waals surface area contributed by atoms with Gasteiger partial charge in [0, 0.05) is 5.92 Å². The minimum atomic E-state index is -0.0140. The van der Waals surface area contributed by atoms with Crippen LogP contribution in [-0.2, 0) is 4.79 Å². The van der Waals surface area contributed by atoms with E-state index in [1.807, 2.05) is 0 Å². The number of halogens is 1. The molecule has 4 nitrogen and oxygen atoms in total. The van der Waals surface area contributed by atoms with Gasteiger partial charge in [-0.15, -0.1) is 0 Å². The van der Waals surface area contributed by atoms with Crippen molar-refractivity contribution in [1.29, 1.82) is 0 Å². The summed E-state index contributed by atoms with van der Waals surface area (Å²) in [6.07, 6.45) is 1.70. The number of rotatable bonds is 2. The summed E-state index contributed by atoms with van der Waals surface area (Å²) >= 11 is 3.22. The molecule has 1 amide bonds. The third-order valence-corrected chi connectivity index (χ3v) is 3.59. The van der Waals surface area contributed by atoms with Crippen molar-refractivity contribution in [2.24, 2.45) is 5.92 Å². The zero-order valence-electron chi connectivity index (χ0n) is 9.37. The van der Waals surface area contributed by atoms with Crippen LogP contribution in [0.2, 0.25) is 0 Å². The van der Waals surface area contributed by atoms with E-state index in [0.717, 1.165) is 25.9 Å². The van der Waals surface area contributed by atoms with E-state index in [1.165, 1.54) is 0 Å². The summed E-state index contributed by atoms with van der Waals surface area (Å²) in [5.41, 5.74) is 0.461. The molecule has 0 unspecified atom stereocenters. The summed E-state index contributed by atoms with van der Waals surface area (Å²) in [7, 11) is 0. The number of piperidine rings is 1. The summed E-state index contributed by atoms with van der Waals surface area (Å²) in [5, 5.41) is 15.8. The number of benzene rings is 1. The van der Waals surface area contributed by atoms with E-state index in [-0.39, 0.29) is 17.6 Å². The molecular formula is C12H15BrN2O2. The van der Waals surface area contributed by atoms with Crippen LogP contribution in [0.3, 0.4) is 0 Å². The van der Waals surface area contributed by atoms with Gasteiger partial charge >= 0.3 is 0 Å². The van der Waals surface area contributed by atoms with Crippen LogP contribution in [0.1, 0.15) is 12.8 Å². The number of nitrogens with one attached hydrogen (secondary N) is 2. The maximum absolute atomic E-state index is 12.0. The highest BCUT2D eigenvalue weighted by molar-refractivity contribution is 9.10. The Morgan fingerprint density at radius 1 is 1.41 bits per heavy atom. The molecule has 1 aliphatic rings. The summed E-state index contributed by atoms with van der Waals surface area (Å²) in [4.78, 5) is 12.0. The summed E-state index contributed by atoms with van der Waals surface area (Å²) in [6.45, 7) is 1.76. The highest BCUT2D eigenvalue weighted by atomic mass is 79.9. The van der Waals surface area contributed by atoms with Crippen LogP contribution in [0.5, 0.6) is 5.75 Å². The van der Waals surface area contributed by atoms with Crippen molar-refractivity contribution >= 4 is 27.5 Å². The van der Waals surface area contributed by atoms with Gasteiger partial charge in [-0.25, -0.2) is 0 Å². The Balaban J connectivity index is 2.04. The van der Waals surface area contributed by atoms with Gasteiger partial charge in [0.2, 0.25) is 5.91 Å². The average Bonchev–Trinajstić information content (AvgIpc) is 2.36. The zero-order valence-corrected chi connectivity index (χ0v) is 11.0. The second-order valence-corrected chi connectivity index (χ2v) is 5.00. The second-order valence-electron chi connectivity index (χ2n) is 4.15. The van der Waals surface area contributed by atoms with E-state index in [2.05, 4.69) is 26.6 Å². The van der Waals surface area contributed by atoms with E-state index in [0.29, 0.717) is 10.2 Å². The van der Waals surface area contributed by atoms with Crippen LogP contribution < -0.4 is 10.6 Å². The number of phenols is 1. The van der Waals surface area contributed by atoms with Gasteiger partial charge in [-0.05, 0) is 54.0 Å². The van der Waals surface area contributed by atoms with Gasteiger partial charge in [0.05, 0.1) is 10.2 Å². The third kappa shape index (κ3) is 2.98. The molecule has 1 aromatic rings. The van der Waals surface area contributed by atoms with Gasteiger partial charge in [0.25, 0.3) is 0 Å². The molecule has 0 radical (unpaired) electrons. The number of carbonyl (C=O) groups excluding carboxylic acids is 1. The summed E-state index contributed by atoms with van der Waals surface area (Å²) in [5.74, 6) is 0.101. The van der Waals surface area contributed by atoms with Crippen LogP contribution in [0.15, 0.2) is 22.7 Å². The van der Waals surface area contributed by atoms with Gasteiger partial charge in [0.15, 0.2) is 5.75 Å². The SMILES string of the molecule is O=C(Nc1cccc(Br)c1O)C1CCNCC1. The van der Waals surface area contributed by atoms with E-state index in [4.69, 9.17) is 0 Å². The minimum Gasteiger partial charge on any atom is -0.505 e. The van der Waals surface area contributed by atoms with Gasteiger partial charge in [-0.3, -0.25) is 4.79 Å². The lowest BCUT2D eigenvalue weighted by Crippen LogP contribution is -2.34. The maximum Gasteiger partial charge on any atom is 0.227 e. The standard InChI is InChI=1S/C12H15BrN2O2/c13-9-2-1-3-10(11(9)16)15-12(17)8-4-6-14-7-5-8/h1-3,8,14,16H,4-7H2,(H,15,17). The predicted octanol–water partition coefficient (Wildman–Crippen LogP) is 2.09. The van der Waals surface area contributed by atoms with Gasteiger partial charge in [-0.1, -0.05) is 6.07 Å². The van der Waals surface area contributed by atoms with Gasteiger partial charge < -0.3 is 15.7 Å². The smallest absolute Gasteiger partial charge is 0.227 e. The molecule has 2 rings (SSSR count). The molecule has 0 bridgehead atoms. The summed E-state index contributed by atoms with van der Waals surface area (Å²) < 4.78 is 0.584. The fourth-order valence-corrected chi connectivity index (χ4v) is 2.30. The number of anilines is 1. The first-order chi connectivity index (χ1) is 8.18. The lowest BCUT2D eigenvalue weighted by Gasteiger charge is -2.22. The molecule has 0 atom stereocenters. The van der Waals surface area contributed by atoms with Crippen molar-refractivity contribution in [3.05, 3.63) is 22.7 Å². The molecular weight excluding hydrogens is 284 g/mol. The molecule has 17 heavy (non-hydrogen) atoms. The number of para-hydroxylation sites is 1. The topological polar surface area (TPSA) is 61.4 Å². The molecule has 92 valence electrons. The van der Waals surface area contributed by atoms with E-state index >= 15 is 0 Å². The lowest BCUT2D eigenvalue weighted by atomic mass is 9.97. The number of amides is 1. The largest absolute Gasteiger partial charge is 0.505 e. The molecule has 3 N–H and O–H groups in total. The molecule has 0 aromatic heterocycles. The van der Waals surface area contributed by atoms with Gasteiger partial charge in [0.1, 0.15) is 0 Å². The molecule has 1 fully saturated rings. The van der Waals surface area contributed by atoms with Crippen molar-refractivity contribution in [2.45, 2.75) is 12.8 Å². The monoisotopic (exact) mass is 298 g/mol. The molecule has 0 saturated carbocycles. The van der Waals surface area contributed by atoms with E-state index in [1.54, 1.807) is 18.2 Å². The number of hydrogen-bond acceptors (Lipinski definition) is 3. The first-order valence-corrected chi connectivity index (χ1v) is 6.47. The van der Waals surface area contributed by atoms with Crippen molar-refractivity contribution in [1.82, 2.24) is 5.32 Å². The number of carbonyl (C=O) groups is 1. The lowest BCUT2D eigenvalue weighted by molar-refractivity contribution is -0.120. The van der Waals surface area contributed by atoms with Crippen molar-refractivity contribution in [2.75, 3.05) is 18.4 Å². The Hall–Kier alpha value is -1.07. The Morgan fingerprint density at radius 2 is 2.12 bits per heavy atom. The Morgan fingerprint density at radius 3 is 2.82 bits per heavy atom.